The summed E-state index contributed by atoms with van der Waals surface area (Å²) in [5.74, 6) is -0.348. The van der Waals surface area contributed by atoms with Gasteiger partial charge < -0.3 is 11.5 Å². The molecule has 1 unspecified atom stereocenters. The minimum atomic E-state index is -0.601. The van der Waals surface area contributed by atoms with Gasteiger partial charge in [0.05, 0.1) is 33.9 Å². The summed E-state index contributed by atoms with van der Waals surface area (Å²) in [5.41, 5.74) is 13.0. The van der Waals surface area contributed by atoms with Gasteiger partial charge in [-0.2, -0.15) is 5.26 Å². The normalized spacial score (nSPS) is 21.0. The lowest BCUT2D eigenvalue weighted by molar-refractivity contribution is -0.114. The van der Waals surface area contributed by atoms with Crippen LogP contribution in [-0.2, 0) is 4.79 Å². The van der Waals surface area contributed by atoms with Crippen molar-refractivity contribution >= 4 is 23.5 Å². The molecular weight excluding hydrogens is 298 g/mol. The lowest BCUT2D eigenvalue weighted by atomic mass is 9.83. The second-order valence-electron chi connectivity index (χ2n) is 4.91. The average molecular weight is 311 g/mol. The predicted octanol–water partition coefficient (Wildman–Crippen LogP) is 1.20. The highest BCUT2D eigenvalue weighted by atomic mass is 32.2. The summed E-state index contributed by atoms with van der Waals surface area (Å²) in [7, 11) is 0. The molecule has 6 nitrogen and oxygen atoms in total. The summed E-state index contributed by atoms with van der Waals surface area (Å²) >= 11 is 1.34. The maximum Gasteiger partial charge on any atom is 0.248 e. The number of rotatable bonds is 2. The van der Waals surface area contributed by atoms with E-state index < -0.39 is 11.8 Å². The number of thioether (sulfide) groups is 1. The highest BCUT2D eigenvalue weighted by molar-refractivity contribution is 8.04. The van der Waals surface area contributed by atoms with E-state index in [1.54, 1.807) is 0 Å². The van der Waals surface area contributed by atoms with Crippen LogP contribution in [0.3, 0.4) is 0 Å². The van der Waals surface area contributed by atoms with Crippen LogP contribution in [0.2, 0.25) is 0 Å². The van der Waals surface area contributed by atoms with Crippen LogP contribution in [0, 0.1) is 16.7 Å². The molecule has 0 radical (unpaired) electrons. The number of amidine groups is 1. The van der Waals surface area contributed by atoms with Gasteiger partial charge in [0.1, 0.15) is 11.7 Å². The van der Waals surface area contributed by atoms with E-state index in [4.69, 9.17) is 16.9 Å². The Morgan fingerprint density at radius 2 is 2.09 bits per heavy atom. The number of allylic oxidation sites excluding steroid dienone is 1. The first-order valence-corrected chi connectivity index (χ1v) is 7.53. The first-order chi connectivity index (χ1) is 10.6. The van der Waals surface area contributed by atoms with Crippen LogP contribution in [0.5, 0.6) is 0 Å². The predicted molar refractivity (Wildman–Crippen MR) is 84.3 cm³/mol. The van der Waals surface area contributed by atoms with E-state index in [0.717, 1.165) is 5.56 Å². The summed E-state index contributed by atoms with van der Waals surface area (Å²) in [6.45, 7) is 0. The average Bonchev–Trinajstić information content (AvgIpc) is 2.89. The van der Waals surface area contributed by atoms with Gasteiger partial charge in [0, 0.05) is 0 Å². The number of primary amides is 1. The van der Waals surface area contributed by atoms with Crippen molar-refractivity contribution in [2.45, 2.75) is 5.92 Å². The van der Waals surface area contributed by atoms with E-state index in [1.165, 1.54) is 16.7 Å². The molecule has 0 spiro atoms. The zero-order chi connectivity index (χ0) is 15.9. The van der Waals surface area contributed by atoms with Crippen molar-refractivity contribution in [3.63, 3.8) is 0 Å². The van der Waals surface area contributed by atoms with Gasteiger partial charge in [0.25, 0.3) is 0 Å². The third-order valence-electron chi connectivity index (χ3n) is 3.66. The second-order valence-corrected chi connectivity index (χ2v) is 5.87. The molecule has 0 aromatic heterocycles. The molecule has 2 aliphatic rings. The molecule has 5 N–H and O–H groups in total. The second kappa shape index (κ2) is 5.24. The summed E-state index contributed by atoms with van der Waals surface area (Å²) in [6.07, 6.45) is 0. The Balaban J connectivity index is 2.28. The van der Waals surface area contributed by atoms with Crippen molar-refractivity contribution in [1.82, 2.24) is 4.90 Å². The van der Waals surface area contributed by atoms with E-state index in [9.17, 15) is 10.1 Å². The Morgan fingerprint density at radius 1 is 1.41 bits per heavy atom. The van der Waals surface area contributed by atoms with Gasteiger partial charge in [0.2, 0.25) is 5.91 Å². The number of fused-ring (bicyclic) bond motifs is 1. The van der Waals surface area contributed by atoms with Crippen LogP contribution in [0.4, 0.5) is 0 Å². The van der Waals surface area contributed by atoms with Gasteiger partial charge in [-0.15, -0.1) is 0 Å². The first kappa shape index (κ1) is 14.2. The molecule has 1 amide bonds. The van der Waals surface area contributed by atoms with Crippen LogP contribution in [0.1, 0.15) is 11.5 Å². The molecule has 3 rings (SSSR count). The summed E-state index contributed by atoms with van der Waals surface area (Å²) in [5, 5.41) is 18.1. The molecule has 1 atom stereocenters. The topological polar surface area (TPSA) is 120 Å². The van der Waals surface area contributed by atoms with Crippen molar-refractivity contribution in [3.8, 4) is 6.07 Å². The molecule has 0 saturated carbocycles. The molecule has 0 bridgehead atoms. The van der Waals surface area contributed by atoms with Gasteiger partial charge >= 0.3 is 0 Å². The van der Waals surface area contributed by atoms with Crippen LogP contribution in [0.25, 0.3) is 0 Å². The molecule has 7 heteroatoms. The monoisotopic (exact) mass is 311 g/mol. The lowest BCUT2D eigenvalue weighted by Gasteiger charge is -2.32. The number of nitrogens with two attached hydrogens (primary N) is 2. The Bertz CT molecular complexity index is 775. The standard InChI is InChI=1S/C15H13N5OS/c16-6-9-11(8-4-2-1-3-5-8)12(14(19)21)15-20(13(9)18)10(17)7-22-15/h1-5,11,17H,7,18H2,(H2,19,21). The van der Waals surface area contributed by atoms with Crippen LogP contribution in [0.15, 0.2) is 52.3 Å². The third-order valence-corrected chi connectivity index (χ3v) is 4.76. The smallest absolute Gasteiger partial charge is 0.248 e. The summed E-state index contributed by atoms with van der Waals surface area (Å²) < 4.78 is 0. The van der Waals surface area contributed by atoms with Crippen LogP contribution >= 0.6 is 11.8 Å². The fourth-order valence-electron chi connectivity index (χ4n) is 2.73. The van der Waals surface area contributed by atoms with Crippen LogP contribution in [-0.4, -0.2) is 22.4 Å². The molecule has 2 heterocycles. The quantitative estimate of drug-likeness (QED) is 0.758. The molecule has 22 heavy (non-hydrogen) atoms. The van der Waals surface area contributed by atoms with Crippen molar-refractivity contribution < 1.29 is 4.79 Å². The SMILES string of the molecule is N#CC1=C(N)N2C(=N)CSC2=C(C(N)=O)C1c1ccccc1. The minimum absolute atomic E-state index is 0.200. The number of nitriles is 1. The Labute approximate surface area is 131 Å². The van der Waals surface area contributed by atoms with E-state index in [-0.39, 0.29) is 17.2 Å². The fraction of sp³-hybridized carbons (Fsp3) is 0.133. The van der Waals surface area contributed by atoms with E-state index in [1.807, 2.05) is 30.3 Å². The van der Waals surface area contributed by atoms with Crippen molar-refractivity contribution in [3.05, 3.63) is 57.9 Å². The zero-order valence-electron chi connectivity index (χ0n) is 11.5. The van der Waals surface area contributed by atoms with Gasteiger partial charge in [0.15, 0.2) is 0 Å². The fourth-order valence-corrected chi connectivity index (χ4v) is 3.84. The van der Waals surface area contributed by atoms with Crippen molar-refractivity contribution in [1.29, 1.82) is 10.7 Å². The van der Waals surface area contributed by atoms with E-state index in [0.29, 0.717) is 16.4 Å². The number of carbonyl (C=O) groups is 1. The molecule has 1 aromatic rings. The maximum atomic E-state index is 12.0. The molecule has 2 aliphatic heterocycles. The Hall–Kier alpha value is -2.72. The molecule has 1 aromatic carbocycles. The largest absolute Gasteiger partial charge is 0.384 e. The van der Waals surface area contributed by atoms with Gasteiger partial charge in [-0.1, -0.05) is 42.1 Å². The number of hydrogen-bond acceptors (Lipinski definition) is 5. The van der Waals surface area contributed by atoms with Crippen LogP contribution < -0.4 is 11.5 Å². The van der Waals surface area contributed by atoms with Crippen molar-refractivity contribution in [2.24, 2.45) is 11.5 Å². The van der Waals surface area contributed by atoms with Crippen molar-refractivity contribution in [2.75, 3.05) is 5.75 Å². The minimum Gasteiger partial charge on any atom is -0.384 e. The van der Waals surface area contributed by atoms with Gasteiger partial charge in [-0.05, 0) is 5.56 Å². The Kier molecular flexibility index (Phi) is 3.39. The number of carbonyl (C=O) groups excluding carboxylic acids is 1. The zero-order valence-corrected chi connectivity index (χ0v) is 12.4. The highest BCUT2D eigenvalue weighted by Crippen LogP contribution is 2.46. The molecule has 110 valence electrons. The van der Waals surface area contributed by atoms with E-state index >= 15 is 0 Å². The lowest BCUT2D eigenvalue weighted by Crippen LogP contribution is -2.37. The third kappa shape index (κ3) is 1.96. The summed E-state index contributed by atoms with van der Waals surface area (Å²) in [4.78, 5) is 13.5. The molecule has 1 fully saturated rings. The number of nitrogens with one attached hydrogen (secondary N) is 1. The highest BCUT2D eigenvalue weighted by Gasteiger charge is 2.42. The number of benzene rings is 1. The number of amides is 1. The molecule has 1 saturated heterocycles. The van der Waals surface area contributed by atoms with Gasteiger partial charge in [-0.25, -0.2) is 0 Å². The summed E-state index contributed by atoms with van der Waals surface area (Å²) in [6, 6.07) is 11.3. The Morgan fingerprint density at radius 3 is 2.68 bits per heavy atom. The number of hydrogen-bond donors (Lipinski definition) is 3. The molecular formula is C15H13N5OS. The maximum absolute atomic E-state index is 12.0. The first-order valence-electron chi connectivity index (χ1n) is 6.55. The van der Waals surface area contributed by atoms with Gasteiger partial charge in [-0.3, -0.25) is 15.1 Å². The van der Waals surface area contributed by atoms with E-state index in [2.05, 4.69) is 6.07 Å². The number of nitrogens with zero attached hydrogens (tertiary/aromatic N) is 2. The molecule has 0 aliphatic carbocycles.